The molecule has 2 fully saturated rings. The predicted octanol–water partition coefficient (Wildman–Crippen LogP) is 2.31. The van der Waals surface area contributed by atoms with Crippen LogP contribution in [0, 0.1) is 5.92 Å². The van der Waals surface area contributed by atoms with Crippen molar-refractivity contribution >= 4 is 22.7 Å². The number of aromatic nitrogens is 1. The largest absolute Gasteiger partial charge is 0.353 e. The van der Waals surface area contributed by atoms with E-state index in [9.17, 15) is 18.4 Å². The molecule has 136 valence electrons. The topological polar surface area (TPSA) is 71.1 Å². The molecule has 0 aliphatic heterocycles. The van der Waals surface area contributed by atoms with Gasteiger partial charge in [-0.05, 0) is 24.6 Å². The van der Waals surface area contributed by atoms with Gasteiger partial charge in [0.1, 0.15) is 11.8 Å². The molecule has 2 amide bonds. The summed E-state index contributed by atoms with van der Waals surface area (Å²) in [6, 6.07) is 8.70. The average molecular weight is 359 g/mol. The summed E-state index contributed by atoms with van der Waals surface area (Å²) in [4.78, 5) is 28.1. The molecule has 4 rings (SSSR count). The van der Waals surface area contributed by atoms with Gasteiger partial charge in [-0.15, -0.1) is 0 Å². The number of hydrogen-bond acceptors (Lipinski definition) is 3. The van der Waals surface area contributed by atoms with E-state index in [0.717, 1.165) is 10.9 Å². The van der Waals surface area contributed by atoms with E-state index in [1.54, 1.807) is 18.3 Å². The van der Waals surface area contributed by atoms with Gasteiger partial charge in [0.25, 0.3) is 5.91 Å². The molecule has 0 radical (unpaired) electrons. The number of fused-ring (bicyclic) bond motifs is 1. The van der Waals surface area contributed by atoms with Crippen LogP contribution in [0.4, 0.5) is 8.78 Å². The number of carbonyl (C=O) groups is 2. The first-order valence-electron chi connectivity index (χ1n) is 8.70. The quantitative estimate of drug-likeness (QED) is 0.861. The smallest absolute Gasteiger partial charge is 0.251 e. The van der Waals surface area contributed by atoms with E-state index in [0.29, 0.717) is 5.56 Å². The van der Waals surface area contributed by atoms with Crippen LogP contribution in [0.5, 0.6) is 0 Å². The maximum atomic E-state index is 14.5. The van der Waals surface area contributed by atoms with E-state index in [2.05, 4.69) is 15.6 Å². The highest BCUT2D eigenvalue weighted by Gasteiger charge is 2.48. The lowest BCUT2D eigenvalue weighted by atomic mass is 9.77. The second-order valence-corrected chi connectivity index (χ2v) is 7.22. The van der Waals surface area contributed by atoms with Crippen molar-refractivity contribution in [3.8, 4) is 0 Å². The number of alkyl halides is 2. The Bertz CT molecular complexity index is 867. The highest BCUT2D eigenvalue weighted by molar-refractivity contribution is 5.98. The van der Waals surface area contributed by atoms with Gasteiger partial charge in [0, 0.05) is 36.0 Å². The van der Waals surface area contributed by atoms with Crippen LogP contribution in [-0.2, 0) is 4.79 Å². The van der Waals surface area contributed by atoms with Crippen LogP contribution in [0.25, 0.3) is 10.9 Å². The Morgan fingerprint density at radius 3 is 2.77 bits per heavy atom. The molecule has 2 aromatic rings. The van der Waals surface area contributed by atoms with E-state index >= 15 is 0 Å². The zero-order chi connectivity index (χ0) is 18.3. The van der Waals surface area contributed by atoms with Crippen molar-refractivity contribution in [1.29, 1.82) is 0 Å². The Morgan fingerprint density at radius 1 is 1.27 bits per heavy atom. The summed E-state index contributed by atoms with van der Waals surface area (Å²) in [5.74, 6) is -1.31. The minimum atomic E-state index is -1.54. The minimum absolute atomic E-state index is 0.134. The minimum Gasteiger partial charge on any atom is -0.353 e. The number of hydrogen-bond donors (Lipinski definition) is 2. The zero-order valence-corrected chi connectivity index (χ0v) is 14.0. The first-order valence-corrected chi connectivity index (χ1v) is 8.70. The number of rotatable bonds is 5. The summed E-state index contributed by atoms with van der Waals surface area (Å²) in [5, 5.41) is 6.21. The molecule has 0 spiro atoms. The molecule has 0 saturated heterocycles. The van der Waals surface area contributed by atoms with Gasteiger partial charge >= 0.3 is 0 Å². The maximum absolute atomic E-state index is 14.5. The Balaban J connectivity index is 1.28. The van der Waals surface area contributed by atoms with Crippen molar-refractivity contribution in [2.24, 2.45) is 5.92 Å². The first-order chi connectivity index (χ1) is 12.4. The van der Waals surface area contributed by atoms with E-state index in [4.69, 9.17) is 0 Å². The van der Waals surface area contributed by atoms with E-state index in [-0.39, 0.29) is 37.8 Å². The fraction of sp³-hybridized carbons (Fsp3) is 0.421. The van der Waals surface area contributed by atoms with Crippen molar-refractivity contribution in [3.05, 3.63) is 42.1 Å². The van der Waals surface area contributed by atoms with Crippen LogP contribution in [0.3, 0.4) is 0 Å². The summed E-state index contributed by atoms with van der Waals surface area (Å²) in [7, 11) is 0. The van der Waals surface area contributed by atoms with Gasteiger partial charge in [-0.25, -0.2) is 8.78 Å². The fourth-order valence-electron chi connectivity index (χ4n) is 3.36. The van der Waals surface area contributed by atoms with Gasteiger partial charge in [-0.3, -0.25) is 14.6 Å². The van der Waals surface area contributed by atoms with E-state index in [1.807, 2.05) is 18.2 Å². The maximum Gasteiger partial charge on any atom is 0.251 e. The van der Waals surface area contributed by atoms with Crippen LogP contribution in [-0.4, -0.2) is 41.2 Å². The van der Waals surface area contributed by atoms with Crippen LogP contribution in [0.2, 0.25) is 0 Å². The summed E-state index contributed by atoms with van der Waals surface area (Å²) in [6.45, 7) is -0.138. The Kier molecular flexibility index (Phi) is 4.09. The van der Waals surface area contributed by atoms with Gasteiger partial charge in [0.05, 0.1) is 18.0 Å². The number of pyridine rings is 1. The monoisotopic (exact) mass is 359 g/mol. The number of nitrogens with one attached hydrogen (secondary N) is 2. The number of carbonyl (C=O) groups excluding carboxylic acids is 2. The lowest BCUT2D eigenvalue weighted by Crippen LogP contribution is -2.57. The normalized spacial score (nSPS) is 29.7. The third-order valence-electron chi connectivity index (χ3n) is 5.06. The third kappa shape index (κ3) is 3.38. The first kappa shape index (κ1) is 16.9. The standard InChI is InChI=1S/C19H19F2N3O2/c20-15-7-14(15)18(26)23-10-19(21)8-13(9-19)24-17(25)12-4-3-11-2-1-5-22-16(11)6-12/h1-6,13-15H,7-10H2,(H,23,26)(H,24,25). The highest BCUT2D eigenvalue weighted by atomic mass is 19.1. The van der Waals surface area contributed by atoms with Gasteiger partial charge < -0.3 is 10.6 Å². The molecule has 2 N–H and O–H groups in total. The van der Waals surface area contributed by atoms with Crippen LogP contribution in [0.1, 0.15) is 29.6 Å². The Morgan fingerprint density at radius 2 is 2.04 bits per heavy atom. The number of nitrogens with zero attached hydrogens (tertiary/aromatic N) is 1. The van der Waals surface area contributed by atoms with Gasteiger partial charge in [0.15, 0.2) is 0 Å². The molecule has 2 aliphatic carbocycles. The summed E-state index contributed by atoms with van der Waals surface area (Å²) >= 11 is 0. The molecule has 7 heteroatoms. The molecule has 1 aromatic carbocycles. The zero-order valence-electron chi connectivity index (χ0n) is 14.0. The van der Waals surface area contributed by atoms with Gasteiger partial charge in [-0.1, -0.05) is 12.1 Å². The van der Waals surface area contributed by atoms with Crippen molar-refractivity contribution in [2.45, 2.75) is 37.1 Å². The lowest BCUT2D eigenvalue weighted by Gasteiger charge is -2.41. The molecule has 2 unspecified atom stereocenters. The third-order valence-corrected chi connectivity index (χ3v) is 5.06. The molecular formula is C19H19F2N3O2. The molecule has 1 heterocycles. The van der Waals surface area contributed by atoms with E-state index in [1.165, 1.54) is 0 Å². The lowest BCUT2D eigenvalue weighted by molar-refractivity contribution is -0.124. The van der Waals surface area contributed by atoms with Gasteiger partial charge in [0.2, 0.25) is 5.91 Å². The molecule has 2 atom stereocenters. The van der Waals surface area contributed by atoms with Crippen LogP contribution >= 0.6 is 0 Å². The SMILES string of the molecule is O=C(NC1CC(F)(CNC(=O)C2CC2F)C1)c1ccc2cccnc2c1. The molecule has 1 aromatic heterocycles. The van der Waals surface area contributed by atoms with Crippen LogP contribution < -0.4 is 10.6 Å². The summed E-state index contributed by atoms with van der Waals surface area (Å²) < 4.78 is 27.3. The predicted molar refractivity (Wildman–Crippen MR) is 92.1 cm³/mol. The summed E-state index contributed by atoms with van der Waals surface area (Å²) in [6.07, 6.45) is 1.07. The molecule has 0 bridgehead atoms. The Hall–Kier alpha value is -2.57. The van der Waals surface area contributed by atoms with Crippen molar-refractivity contribution in [1.82, 2.24) is 15.6 Å². The number of benzene rings is 1. The molecule has 26 heavy (non-hydrogen) atoms. The fourth-order valence-corrected chi connectivity index (χ4v) is 3.36. The number of amides is 2. The average Bonchev–Trinajstić information content (AvgIpc) is 3.34. The van der Waals surface area contributed by atoms with Crippen molar-refractivity contribution in [3.63, 3.8) is 0 Å². The Labute approximate surface area is 149 Å². The second kappa shape index (κ2) is 6.30. The van der Waals surface area contributed by atoms with Gasteiger partial charge in [-0.2, -0.15) is 0 Å². The summed E-state index contributed by atoms with van der Waals surface area (Å²) in [5.41, 5.74) is -0.342. The van der Waals surface area contributed by atoms with E-state index < -0.39 is 23.7 Å². The van der Waals surface area contributed by atoms with Crippen molar-refractivity contribution < 1.29 is 18.4 Å². The van der Waals surface area contributed by atoms with Crippen LogP contribution in [0.15, 0.2) is 36.5 Å². The molecule has 2 saturated carbocycles. The number of halogens is 2. The second-order valence-electron chi connectivity index (χ2n) is 7.22. The molecule has 2 aliphatic rings. The highest BCUT2D eigenvalue weighted by Crippen LogP contribution is 2.37. The molecular weight excluding hydrogens is 340 g/mol. The van der Waals surface area contributed by atoms with Crippen molar-refractivity contribution in [2.75, 3.05) is 6.54 Å². The molecule has 5 nitrogen and oxygen atoms in total.